The van der Waals surface area contributed by atoms with Crippen LogP contribution in [0.2, 0.25) is 0 Å². The molecule has 0 aliphatic heterocycles. The lowest BCUT2D eigenvalue weighted by atomic mass is 10.1. The summed E-state index contributed by atoms with van der Waals surface area (Å²) in [7, 11) is -3.50. The zero-order valence-corrected chi connectivity index (χ0v) is 10.6. The van der Waals surface area contributed by atoms with Crippen LogP contribution in [0.4, 0.5) is 4.39 Å². The summed E-state index contributed by atoms with van der Waals surface area (Å²) < 4.78 is 39.1. The van der Waals surface area contributed by atoms with Crippen LogP contribution in [-0.4, -0.2) is 15.0 Å². The van der Waals surface area contributed by atoms with Gasteiger partial charge in [0.15, 0.2) is 0 Å². The van der Waals surface area contributed by atoms with Crippen molar-refractivity contribution >= 4 is 10.0 Å². The summed E-state index contributed by atoms with van der Waals surface area (Å²) in [6, 6.07) is 4.87. The lowest BCUT2D eigenvalue weighted by Gasteiger charge is -2.13. The lowest BCUT2D eigenvalue weighted by Crippen LogP contribution is -2.30. The predicted octanol–water partition coefficient (Wildman–Crippen LogP) is 2.29. The third-order valence-corrected chi connectivity index (χ3v) is 4.89. The van der Waals surface area contributed by atoms with Crippen molar-refractivity contribution in [2.45, 2.75) is 31.1 Å². The second-order valence-electron chi connectivity index (χ2n) is 4.63. The third-order valence-electron chi connectivity index (χ3n) is 3.47. The molecule has 1 aromatic carbocycles. The molecule has 0 radical (unpaired) electrons. The first-order chi connectivity index (χ1) is 7.97. The average molecular weight is 257 g/mol. The summed E-state index contributed by atoms with van der Waals surface area (Å²) in [6.07, 6.45) is 3.14. The van der Waals surface area contributed by atoms with Crippen molar-refractivity contribution < 1.29 is 12.8 Å². The molecule has 0 heterocycles. The highest BCUT2D eigenvalue weighted by Gasteiger charge is 2.41. The molecule has 1 N–H and O–H groups in total. The van der Waals surface area contributed by atoms with Crippen LogP contribution in [0.15, 0.2) is 29.2 Å². The summed E-state index contributed by atoms with van der Waals surface area (Å²) in [5.41, 5.74) is 0.160. The Morgan fingerprint density at radius 1 is 1.29 bits per heavy atom. The topological polar surface area (TPSA) is 46.2 Å². The minimum absolute atomic E-state index is 0.116. The molecule has 1 aliphatic rings. The van der Waals surface area contributed by atoms with E-state index in [9.17, 15) is 12.8 Å². The molecule has 0 bridgehead atoms. The molecular formula is C12H16FNO2S. The lowest BCUT2D eigenvalue weighted by molar-refractivity contribution is 0.475. The Hall–Kier alpha value is -0.940. The molecule has 1 aliphatic carbocycles. The largest absolute Gasteiger partial charge is 0.240 e. The van der Waals surface area contributed by atoms with Crippen molar-refractivity contribution in [2.24, 2.45) is 5.41 Å². The van der Waals surface area contributed by atoms with E-state index in [1.54, 1.807) is 0 Å². The van der Waals surface area contributed by atoms with E-state index in [1.165, 1.54) is 12.1 Å². The number of nitrogens with one attached hydrogen (secondary N) is 1. The highest BCUT2D eigenvalue weighted by Crippen LogP contribution is 2.48. The van der Waals surface area contributed by atoms with Crippen LogP contribution in [-0.2, 0) is 10.0 Å². The summed E-state index contributed by atoms with van der Waals surface area (Å²) >= 11 is 0. The van der Waals surface area contributed by atoms with Crippen LogP contribution in [0.1, 0.15) is 26.2 Å². The van der Waals surface area contributed by atoms with E-state index in [4.69, 9.17) is 0 Å². The van der Waals surface area contributed by atoms with Crippen LogP contribution in [0.25, 0.3) is 0 Å². The summed E-state index contributed by atoms with van der Waals surface area (Å²) in [6.45, 7) is 2.54. The molecule has 5 heteroatoms. The fourth-order valence-electron chi connectivity index (χ4n) is 1.78. The fourth-order valence-corrected chi connectivity index (χ4v) is 2.93. The number of hydrogen-bond donors (Lipinski definition) is 1. The highest BCUT2D eigenvalue weighted by atomic mass is 32.2. The smallest absolute Gasteiger partial charge is 0.211 e. The number of halogens is 1. The van der Waals surface area contributed by atoms with Crippen molar-refractivity contribution in [2.75, 3.05) is 6.54 Å². The minimum atomic E-state index is -3.50. The van der Waals surface area contributed by atoms with Gasteiger partial charge in [-0.25, -0.2) is 17.5 Å². The molecule has 0 atom stereocenters. The Morgan fingerprint density at radius 3 is 2.35 bits per heavy atom. The Labute approximate surface area is 101 Å². The van der Waals surface area contributed by atoms with E-state index in [-0.39, 0.29) is 10.3 Å². The Bertz CT molecular complexity index is 492. The zero-order chi connectivity index (χ0) is 12.5. The molecule has 1 fully saturated rings. The first-order valence-corrected chi connectivity index (χ1v) is 7.21. The molecule has 0 amide bonds. The molecule has 0 aromatic heterocycles. The van der Waals surface area contributed by atoms with Crippen LogP contribution in [0.5, 0.6) is 0 Å². The van der Waals surface area contributed by atoms with Gasteiger partial charge in [-0.15, -0.1) is 0 Å². The van der Waals surface area contributed by atoms with E-state index in [1.807, 2.05) is 0 Å². The zero-order valence-electron chi connectivity index (χ0n) is 9.74. The van der Waals surface area contributed by atoms with Gasteiger partial charge >= 0.3 is 0 Å². The summed E-state index contributed by atoms with van der Waals surface area (Å²) in [5.74, 6) is -0.434. The maximum absolute atomic E-state index is 12.7. The average Bonchev–Trinajstić information content (AvgIpc) is 3.08. The Kier molecular flexibility index (Phi) is 3.23. The van der Waals surface area contributed by atoms with E-state index in [0.29, 0.717) is 6.54 Å². The molecule has 0 spiro atoms. The standard InChI is InChI=1S/C12H16FNO2S/c1-2-12(7-8-12)9-14-17(15,16)11-5-3-10(13)4-6-11/h3-6,14H,2,7-9H2,1H3. The van der Waals surface area contributed by atoms with Crippen molar-refractivity contribution in [3.63, 3.8) is 0 Å². The molecule has 94 valence electrons. The van der Waals surface area contributed by atoms with Crippen molar-refractivity contribution in [3.8, 4) is 0 Å². The SMILES string of the molecule is CCC1(CNS(=O)(=O)c2ccc(F)cc2)CC1. The van der Waals surface area contributed by atoms with E-state index in [2.05, 4.69) is 11.6 Å². The maximum atomic E-state index is 12.7. The van der Waals surface area contributed by atoms with Crippen LogP contribution in [0, 0.1) is 11.2 Å². The summed E-state index contributed by atoms with van der Waals surface area (Å²) in [4.78, 5) is 0.116. The van der Waals surface area contributed by atoms with Crippen LogP contribution < -0.4 is 4.72 Å². The van der Waals surface area contributed by atoms with Gasteiger partial charge in [0.25, 0.3) is 0 Å². The number of rotatable bonds is 5. The second kappa shape index (κ2) is 4.38. The molecule has 0 unspecified atom stereocenters. The van der Waals surface area contributed by atoms with Gasteiger partial charge in [0.2, 0.25) is 10.0 Å². The van der Waals surface area contributed by atoms with Gasteiger partial charge in [-0.05, 0) is 48.9 Å². The summed E-state index contributed by atoms with van der Waals surface area (Å²) in [5, 5.41) is 0. The Balaban J connectivity index is 2.06. The van der Waals surface area contributed by atoms with Gasteiger partial charge in [0.05, 0.1) is 4.90 Å². The minimum Gasteiger partial charge on any atom is -0.211 e. The van der Waals surface area contributed by atoms with Gasteiger partial charge in [-0.3, -0.25) is 0 Å². The predicted molar refractivity (Wildman–Crippen MR) is 63.5 cm³/mol. The molecule has 0 saturated heterocycles. The van der Waals surface area contributed by atoms with E-state index < -0.39 is 15.8 Å². The molecule has 17 heavy (non-hydrogen) atoms. The Morgan fingerprint density at radius 2 is 1.88 bits per heavy atom. The second-order valence-corrected chi connectivity index (χ2v) is 6.40. The molecule has 1 saturated carbocycles. The molecule has 1 aromatic rings. The highest BCUT2D eigenvalue weighted by molar-refractivity contribution is 7.89. The normalized spacial score (nSPS) is 18.0. The number of benzene rings is 1. The maximum Gasteiger partial charge on any atom is 0.240 e. The first kappa shape index (κ1) is 12.5. The van der Waals surface area contributed by atoms with Crippen molar-refractivity contribution in [1.29, 1.82) is 0 Å². The monoisotopic (exact) mass is 257 g/mol. The van der Waals surface area contributed by atoms with Crippen molar-refractivity contribution in [3.05, 3.63) is 30.1 Å². The third kappa shape index (κ3) is 2.84. The van der Waals surface area contributed by atoms with Gasteiger partial charge in [0.1, 0.15) is 5.82 Å². The van der Waals surface area contributed by atoms with Crippen molar-refractivity contribution in [1.82, 2.24) is 4.72 Å². The van der Waals surface area contributed by atoms with Gasteiger partial charge in [0, 0.05) is 6.54 Å². The molecule has 3 nitrogen and oxygen atoms in total. The first-order valence-electron chi connectivity index (χ1n) is 5.73. The van der Waals surface area contributed by atoms with Crippen LogP contribution in [0.3, 0.4) is 0 Å². The van der Waals surface area contributed by atoms with E-state index >= 15 is 0 Å². The van der Waals surface area contributed by atoms with Crippen LogP contribution >= 0.6 is 0 Å². The van der Waals surface area contributed by atoms with Gasteiger partial charge in [-0.1, -0.05) is 6.92 Å². The van der Waals surface area contributed by atoms with Gasteiger partial charge in [-0.2, -0.15) is 0 Å². The molecule has 2 rings (SSSR count). The number of hydrogen-bond acceptors (Lipinski definition) is 2. The van der Waals surface area contributed by atoms with Gasteiger partial charge < -0.3 is 0 Å². The quantitative estimate of drug-likeness (QED) is 0.879. The van der Waals surface area contributed by atoms with E-state index in [0.717, 1.165) is 31.4 Å². The fraction of sp³-hybridized carbons (Fsp3) is 0.500. The molecular weight excluding hydrogens is 241 g/mol. The number of sulfonamides is 1.